The zero-order valence-electron chi connectivity index (χ0n) is 38.9. The van der Waals surface area contributed by atoms with Crippen LogP contribution in [0.25, 0.3) is 0 Å². The van der Waals surface area contributed by atoms with E-state index in [0.717, 1.165) is 39.2 Å². The van der Waals surface area contributed by atoms with Crippen LogP contribution in [0.15, 0.2) is 101 Å². The van der Waals surface area contributed by atoms with Gasteiger partial charge in [-0.1, -0.05) is 50.2 Å². The number of aryl methyl sites for hydroxylation is 1. The van der Waals surface area contributed by atoms with Gasteiger partial charge in [0.1, 0.15) is 37.1 Å². The second kappa shape index (κ2) is 21.0. The zero-order chi connectivity index (χ0) is 47.1. The number of amides is 2. The molecule has 0 aliphatic carbocycles. The van der Waals surface area contributed by atoms with Crippen LogP contribution in [0.3, 0.4) is 0 Å². The fourth-order valence-corrected chi connectivity index (χ4v) is 8.91. The van der Waals surface area contributed by atoms with Gasteiger partial charge < -0.3 is 33.2 Å². The molecule has 0 N–H and O–H groups in total. The van der Waals surface area contributed by atoms with Gasteiger partial charge >= 0.3 is 0 Å². The van der Waals surface area contributed by atoms with Crippen LogP contribution < -0.4 is 28.7 Å². The van der Waals surface area contributed by atoms with E-state index in [1.165, 1.54) is 0 Å². The number of ketones is 1. The van der Waals surface area contributed by atoms with Crippen LogP contribution in [0, 0.1) is 12.8 Å². The SMILES string of the molecule is COc1cc2c(cc1OCc1cc(COc3cc4c(cc3C)C(=O)N3c5ccccc5C[C@H]3C=N4)cc(OCCOCCOCCOCCC(=O)C(C)C)c1)N=C[C@@H]1Cc3ccccc3N1C2=O. The van der Waals surface area contributed by atoms with Gasteiger partial charge in [-0.2, -0.15) is 0 Å². The Labute approximate surface area is 396 Å². The molecule has 352 valence electrons. The summed E-state index contributed by atoms with van der Waals surface area (Å²) in [6.45, 7) is 8.64. The fourth-order valence-electron chi connectivity index (χ4n) is 8.91. The number of fused-ring (bicyclic) bond motifs is 8. The molecule has 0 spiro atoms. The molecule has 4 heterocycles. The van der Waals surface area contributed by atoms with E-state index < -0.39 is 0 Å². The minimum Gasteiger partial charge on any atom is -0.493 e. The quantitative estimate of drug-likeness (QED) is 0.0655. The van der Waals surface area contributed by atoms with E-state index in [9.17, 15) is 14.4 Å². The Kier molecular flexibility index (Phi) is 14.3. The number of Topliss-reactive ketones (excluding diaryl/α,β-unsaturated/α-hetero) is 1. The molecule has 14 nitrogen and oxygen atoms in total. The molecule has 0 fully saturated rings. The molecule has 9 rings (SSSR count). The number of nitrogens with zero attached hydrogens (tertiary/aromatic N) is 4. The lowest BCUT2D eigenvalue weighted by molar-refractivity contribution is -0.123. The number of benzene rings is 5. The van der Waals surface area contributed by atoms with Crippen molar-refractivity contribution in [2.75, 3.05) is 63.2 Å². The Hall–Kier alpha value is -6.87. The number of rotatable bonds is 21. The summed E-state index contributed by atoms with van der Waals surface area (Å²) >= 11 is 0. The summed E-state index contributed by atoms with van der Waals surface area (Å²) in [4.78, 5) is 52.9. The number of methoxy groups -OCH3 is 1. The van der Waals surface area contributed by atoms with Gasteiger partial charge in [0.25, 0.3) is 11.8 Å². The van der Waals surface area contributed by atoms with Crippen molar-refractivity contribution < 1.29 is 47.5 Å². The molecule has 0 saturated heterocycles. The minimum atomic E-state index is -0.186. The van der Waals surface area contributed by atoms with Crippen molar-refractivity contribution in [2.45, 2.75) is 65.3 Å². The van der Waals surface area contributed by atoms with E-state index in [2.05, 4.69) is 6.07 Å². The zero-order valence-corrected chi connectivity index (χ0v) is 38.9. The normalized spacial score (nSPS) is 16.4. The van der Waals surface area contributed by atoms with Crippen LogP contribution in [0.1, 0.15) is 68.8 Å². The molecule has 0 radical (unpaired) electrons. The smallest absolute Gasteiger partial charge is 0.261 e. The highest BCUT2D eigenvalue weighted by molar-refractivity contribution is 6.15. The summed E-state index contributed by atoms with van der Waals surface area (Å²) in [7, 11) is 1.55. The average molecular weight is 921 g/mol. The molecular weight excluding hydrogens is 865 g/mol. The fraction of sp³-hybridized carbons (Fsp3) is 0.352. The van der Waals surface area contributed by atoms with Gasteiger partial charge in [0.05, 0.1) is 81.3 Å². The first kappa shape index (κ1) is 46.2. The third kappa shape index (κ3) is 10.2. The first-order valence-corrected chi connectivity index (χ1v) is 23.2. The molecule has 4 aliphatic heterocycles. The first-order valence-electron chi connectivity index (χ1n) is 23.2. The summed E-state index contributed by atoms with van der Waals surface area (Å²) in [5.74, 6) is 2.02. The van der Waals surface area contributed by atoms with Crippen molar-refractivity contribution in [3.63, 3.8) is 0 Å². The lowest BCUT2D eigenvalue weighted by Gasteiger charge is -2.22. The predicted octanol–water partition coefficient (Wildman–Crippen LogP) is 8.78. The summed E-state index contributed by atoms with van der Waals surface area (Å²) in [6, 6.07) is 28.6. The Morgan fingerprint density at radius 2 is 1.13 bits per heavy atom. The van der Waals surface area contributed by atoms with Crippen LogP contribution in [0.5, 0.6) is 23.0 Å². The number of hydrogen-bond donors (Lipinski definition) is 0. The maximum absolute atomic E-state index is 14.0. The highest BCUT2D eigenvalue weighted by atomic mass is 16.6. The highest BCUT2D eigenvalue weighted by Crippen LogP contribution is 2.42. The third-order valence-electron chi connectivity index (χ3n) is 12.5. The second-order valence-electron chi connectivity index (χ2n) is 17.5. The second-order valence-corrected chi connectivity index (χ2v) is 17.5. The standard InChI is InChI=1S/C54H56N4O10/c1-34(2)49(59)13-14-63-15-16-64-17-18-65-19-20-66-42-23-36(32-67-50-28-45-43(21-35(50)3)53(60)57-40(30-55-45)25-38-9-5-7-11-47(38)57)22-37(24-42)33-68-52-29-46-44(27-51(52)62-4)54(61)58-41(31-56-46)26-39-10-6-8-12-48(39)58/h5-12,21-24,27-31,34,40-41H,13-20,25-26,32-33H2,1-4H3/t40-,41-/m0/s1. The first-order chi connectivity index (χ1) is 33.1. The Morgan fingerprint density at radius 3 is 1.71 bits per heavy atom. The molecule has 5 aromatic carbocycles. The van der Waals surface area contributed by atoms with Gasteiger partial charge in [0, 0.05) is 61.1 Å². The predicted molar refractivity (Wildman–Crippen MR) is 259 cm³/mol. The summed E-state index contributed by atoms with van der Waals surface area (Å²) in [6.07, 6.45) is 5.51. The van der Waals surface area contributed by atoms with E-state index in [4.69, 9.17) is 43.1 Å². The van der Waals surface area contributed by atoms with Crippen LogP contribution in [-0.2, 0) is 45.1 Å². The maximum Gasteiger partial charge on any atom is 0.261 e. The molecule has 0 saturated carbocycles. The van der Waals surface area contributed by atoms with E-state index >= 15 is 0 Å². The van der Waals surface area contributed by atoms with Crippen molar-refractivity contribution >= 4 is 52.8 Å². The lowest BCUT2D eigenvalue weighted by atomic mass is 10.1. The topological polar surface area (TPSA) is 147 Å². The largest absolute Gasteiger partial charge is 0.493 e. The van der Waals surface area contributed by atoms with E-state index in [-0.39, 0.29) is 55.4 Å². The van der Waals surface area contributed by atoms with Crippen LogP contribution in [0.2, 0.25) is 0 Å². The summed E-state index contributed by atoms with van der Waals surface area (Å²) < 4.78 is 41.8. The number of carbonyl (C=O) groups excluding carboxylic acids is 3. The van der Waals surface area contributed by atoms with Crippen LogP contribution >= 0.6 is 0 Å². The molecule has 2 atom stereocenters. The van der Waals surface area contributed by atoms with Crippen molar-refractivity contribution in [3.8, 4) is 23.0 Å². The van der Waals surface area contributed by atoms with Gasteiger partial charge in [-0.15, -0.1) is 0 Å². The lowest BCUT2D eigenvalue weighted by Crippen LogP contribution is -2.37. The number of carbonyl (C=O) groups is 3. The Balaban J connectivity index is 0.869. The number of aliphatic imine (C=N–C) groups is 2. The molecular formula is C54H56N4O10. The average Bonchev–Trinajstić information content (AvgIpc) is 3.84. The van der Waals surface area contributed by atoms with Crippen molar-refractivity contribution in [2.24, 2.45) is 15.9 Å². The van der Waals surface area contributed by atoms with Gasteiger partial charge in [-0.05, 0) is 77.2 Å². The molecule has 68 heavy (non-hydrogen) atoms. The van der Waals surface area contributed by atoms with Gasteiger partial charge in [0.15, 0.2) is 11.5 Å². The van der Waals surface area contributed by atoms with Gasteiger partial charge in [-0.3, -0.25) is 34.2 Å². The Bertz CT molecular complexity index is 2750. The Morgan fingerprint density at radius 1 is 0.618 bits per heavy atom. The van der Waals surface area contributed by atoms with Crippen molar-refractivity contribution in [1.29, 1.82) is 0 Å². The molecule has 14 heteroatoms. The van der Waals surface area contributed by atoms with E-state index in [1.807, 2.05) is 111 Å². The number of ether oxygens (including phenoxy) is 7. The van der Waals surface area contributed by atoms with Crippen LogP contribution in [-0.4, -0.2) is 95.5 Å². The van der Waals surface area contributed by atoms with E-state index in [0.29, 0.717) is 104 Å². The third-order valence-corrected chi connectivity index (χ3v) is 12.5. The van der Waals surface area contributed by atoms with Crippen molar-refractivity contribution in [3.05, 3.63) is 130 Å². The molecule has 0 aromatic heterocycles. The highest BCUT2D eigenvalue weighted by Gasteiger charge is 2.38. The number of para-hydroxylation sites is 2. The summed E-state index contributed by atoms with van der Waals surface area (Å²) in [5, 5.41) is 0. The van der Waals surface area contributed by atoms with Crippen molar-refractivity contribution in [1.82, 2.24) is 0 Å². The minimum absolute atomic E-state index is 0.0127. The molecule has 2 amide bonds. The molecule has 0 bridgehead atoms. The number of anilines is 2. The molecule has 4 aliphatic rings. The van der Waals surface area contributed by atoms with E-state index in [1.54, 1.807) is 24.1 Å². The van der Waals surface area contributed by atoms with Crippen LogP contribution in [0.4, 0.5) is 22.7 Å². The maximum atomic E-state index is 14.0. The number of hydrogen-bond acceptors (Lipinski definition) is 12. The van der Waals surface area contributed by atoms with Gasteiger partial charge in [0.2, 0.25) is 0 Å². The monoisotopic (exact) mass is 920 g/mol. The molecule has 5 aromatic rings. The molecule has 0 unspecified atom stereocenters. The summed E-state index contributed by atoms with van der Waals surface area (Å²) in [5.41, 5.74) is 8.51. The van der Waals surface area contributed by atoms with Gasteiger partial charge in [-0.25, -0.2) is 0 Å².